The standard InChI is InChI=1S/C14H14N6/c1-2-6-15-11(4-1)12-5-3-7-20(12)14-10-8-18-19-13(10)16-9-17-14/h1-2,4,6,8-9,12H,3,5,7H2,(H,16,17,18,19)/t12-/m1/s1. The van der Waals surface area contributed by atoms with Crippen LogP contribution in [0.1, 0.15) is 24.6 Å². The summed E-state index contributed by atoms with van der Waals surface area (Å²) in [4.78, 5) is 15.5. The van der Waals surface area contributed by atoms with Crippen molar-refractivity contribution in [1.82, 2.24) is 25.1 Å². The van der Waals surface area contributed by atoms with E-state index in [-0.39, 0.29) is 6.04 Å². The SMILES string of the molecule is c1ccc([C@H]2CCCN2c2ncnc3[nH]ncc23)nc1. The highest BCUT2D eigenvalue weighted by molar-refractivity contribution is 5.86. The van der Waals surface area contributed by atoms with Gasteiger partial charge in [-0.2, -0.15) is 5.10 Å². The van der Waals surface area contributed by atoms with Crippen molar-refractivity contribution in [3.63, 3.8) is 0 Å². The Bertz CT molecular complexity index is 723. The van der Waals surface area contributed by atoms with Crippen molar-refractivity contribution in [2.24, 2.45) is 0 Å². The van der Waals surface area contributed by atoms with Gasteiger partial charge in [-0.05, 0) is 25.0 Å². The number of rotatable bonds is 2. The van der Waals surface area contributed by atoms with Crippen LogP contribution < -0.4 is 4.90 Å². The Labute approximate surface area is 115 Å². The molecule has 1 aliphatic heterocycles. The van der Waals surface area contributed by atoms with Crippen molar-refractivity contribution >= 4 is 16.9 Å². The van der Waals surface area contributed by atoms with Gasteiger partial charge in [0.1, 0.15) is 12.1 Å². The van der Waals surface area contributed by atoms with Crippen LogP contribution in [0.3, 0.4) is 0 Å². The Morgan fingerprint density at radius 1 is 1.20 bits per heavy atom. The molecule has 1 atom stereocenters. The van der Waals surface area contributed by atoms with Gasteiger partial charge in [0.2, 0.25) is 0 Å². The van der Waals surface area contributed by atoms with E-state index in [1.54, 1.807) is 12.5 Å². The topological polar surface area (TPSA) is 70.6 Å². The lowest BCUT2D eigenvalue weighted by atomic mass is 10.1. The Morgan fingerprint density at radius 2 is 2.20 bits per heavy atom. The number of aromatic amines is 1. The maximum Gasteiger partial charge on any atom is 0.160 e. The Balaban J connectivity index is 1.79. The monoisotopic (exact) mass is 266 g/mol. The van der Waals surface area contributed by atoms with Gasteiger partial charge in [0.25, 0.3) is 0 Å². The van der Waals surface area contributed by atoms with Crippen molar-refractivity contribution in [3.05, 3.63) is 42.6 Å². The normalized spacial score (nSPS) is 18.8. The lowest BCUT2D eigenvalue weighted by Gasteiger charge is -2.25. The number of H-pyrrole nitrogens is 1. The molecule has 20 heavy (non-hydrogen) atoms. The molecule has 0 radical (unpaired) electrons. The van der Waals surface area contributed by atoms with Crippen molar-refractivity contribution < 1.29 is 0 Å². The third kappa shape index (κ3) is 1.72. The first kappa shape index (κ1) is 11.3. The molecule has 3 aromatic heterocycles. The minimum Gasteiger partial charge on any atom is -0.347 e. The number of hydrogen-bond donors (Lipinski definition) is 1. The first-order valence-corrected chi connectivity index (χ1v) is 6.75. The molecule has 1 fully saturated rings. The van der Waals surface area contributed by atoms with Gasteiger partial charge in [0.05, 0.1) is 23.3 Å². The van der Waals surface area contributed by atoms with Crippen LogP contribution in [0.15, 0.2) is 36.9 Å². The summed E-state index contributed by atoms with van der Waals surface area (Å²) in [6.07, 6.45) is 7.46. The van der Waals surface area contributed by atoms with Gasteiger partial charge < -0.3 is 4.90 Å². The summed E-state index contributed by atoms with van der Waals surface area (Å²) in [6.45, 7) is 0.985. The molecular formula is C14H14N6. The fourth-order valence-electron chi connectivity index (χ4n) is 2.88. The summed E-state index contributed by atoms with van der Waals surface area (Å²) in [5.41, 5.74) is 1.88. The largest absolute Gasteiger partial charge is 0.347 e. The Kier molecular flexibility index (Phi) is 2.58. The van der Waals surface area contributed by atoms with E-state index in [4.69, 9.17) is 0 Å². The summed E-state index contributed by atoms with van der Waals surface area (Å²) in [6, 6.07) is 6.34. The zero-order valence-corrected chi connectivity index (χ0v) is 10.9. The van der Waals surface area contributed by atoms with Crippen LogP contribution in [0.2, 0.25) is 0 Å². The molecule has 4 heterocycles. The van der Waals surface area contributed by atoms with Gasteiger partial charge in [-0.15, -0.1) is 0 Å². The number of pyridine rings is 1. The average molecular weight is 266 g/mol. The van der Waals surface area contributed by atoms with Crippen molar-refractivity contribution in [2.75, 3.05) is 11.4 Å². The maximum absolute atomic E-state index is 4.50. The van der Waals surface area contributed by atoms with Gasteiger partial charge >= 0.3 is 0 Å². The van der Waals surface area contributed by atoms with E-state index in [1.807, 2.05) is 18.3 Å². The predicted molar refractivity (Wildman–Crippen MR) is 75.2 cm³/mol. The first-order chi connectivity index (χ1) is 9.93. The molecule has 0 saturated carbocycles. The fourth-order valence-corrected chi connectivity index (χ4v) is 2.88. The average Bonchev–Trinajstić information content (AvgIpc) is 3.16. The molecule has 6 nitrogen and oxygen atoms in total. The fraction of sp³-hybridized carbons (Fsp3) is 0.286. The van der Waals surface area contributed by atoms with Gasteiger partial charge in [0.15, 0.2) is 5.65 Å². The van der Waals surface area contributed by atoms with E-state index in [0.717, 1.165) is 41.9 Å². The van der Waals surface area contributed by atoms with E-state index in [0.29, 0.717) is 0 Å². The molecular weight excluding hydrogens is 252 g/mol. The molecule has 0 bridgehead atoms. The smallest absolute Gasteiger partial charge is 0.160 e. The highest BCUT2D eigenvalue weighted by Gasteiger charge is 2.29. The minimum absolute atomic E-state index is 0.282. The Hall–Kier alpha value is -2.50. The molecule has 0 amide bonds. The lowest BCUT2D eigenvalue weighted by Crippen LogP contribution is -2.24. The van der Waals surface area contributed by atoms with Crippen molar-refractivity contribution in [1.29, 1.82) is 0 Å². The van der Waals surface area contributed by atoms with Crippen LogP contribution in [-0.2, 0) is 0 Å². The molecule has 0 aromatic carbocycles. The van der Waals surface area contributed by atoms with E-state index in [1.165, 1.54) is 0 Å². The van der Waals surface area contributed by atoms with E-state index in [9.17, 15) is 0 Å². The number of fused-ring (bicyclic) bond motifs is 1. The quantitative estimate of drug-likeness (QED) is 0.769. The summed E-state index contributed by atoms with van der Waals surface area (Å²) < 4.78 is 0. The summed E-state index contributed by atoms with van der Waals surface area (Å²) >= 11 is 0. The zero-order valence-electron chi connectivity index (χ0n) is 10.9. The molecule has 0 spiro atoms. The molecule has 1 N–H and O–H groups in total. The third-order valence-corrected chi connectivity index (χ3v) is 3.78. The molecule has 0 unspecified atom stereocenters. The second-order valence-corrected chi connectivity index (χ2v) is 4.94. The van der Waals surface area contributed by atoms with E-state index >= 15 is 0 Å². The first-order valence-electron chi connectivity index (χ1n) is 6.75. The molecule has 1 saturated heterocycles. The number of anilines is 1. The number of nitrogens with one attached hydrogen (secondary N) is 1. The molecule has 100 valence electrons. The second-order valence-electron chi connectivity index (χ2n) is 4.94. The molecule has 6 heteroatoms. The van der Waals surface area contributed by atoms with Crippen molar-refractivity contribution in [3.8, 4) is 0 Å². The second kappa shape index (κ2) is 4.56. The van der Waals surface area contributed by atoms with Gasteiger partial charge in [-0.3, -0.25) is 10.1 Å². The number of nitrogens with zero attached hydrogens (tertiary/aromatic N) is 5. The van der Waals surface area contributed by atoms with Gasteiger partial charge in [0, 0.05) is 12.7 Å². The van der Waals surface area contributed by atoms with E-state index < -0.39 is 0 Å². The third-order valence-electron chi connectivity index (χ3n) is 3.78. The van der Waals surface area contributed by atoms with Crippen LogP contribution in [0.4, 0.5) is 5.82 Å². The summed E-state index contributed by atoms with van der Waals surface area (Å²) in [5, 5.41) is 7.92. The zero-order chi connectivity index (χ0) is 13.4. The number of aromatic nitrogens is 5. The summed E-state index contributed by atoms with van der Waals surface area (Å²) in [5.74, 6) is 0.942. The molecule has 1 aliphatic rings. The van der Waals surface area contributed by atoms with Crippen LogP contribution in [0.25, 0.3) is 11.0 Å². The van der Waals surface area contributed by atoms with Crippen molar-refractivity contribution in [2.45, 2.75) is 18.9 Å². The molecule has 0 aliphatic carbocycles. The predicted octanol–water partition coefficient (Wildman–Crippen LogP) is 2.09. The molecule has 4 rings (SSSR count). The van der Waals surface area contributed by atoms with Crippen LogP contribution in [0, 0.1) is 0 Å². The maximum atomic E-state index is 4.50. The van der Waals surface area contributed by atoms with Gasteiger partial charge in [-0.25, -0.2) is 9.97 Å². The van der Waals surface area contributed by atoms with Gasteiger partial charge in [-0.1, -0.05) is 6.07 Å². The van der Waals surface area contributed by atoms with Crippen LogP contribution in [-0.4, -0.2) is 31.7 Å². The Morgan fingerprint density at radius 3 is 3.10 bits per heavy atom. The lowest BCUT2D eigenvalue weighted by molar-refractivity contribution is 0.689. The van der Waals surface area contributed by atoms with Crippen LogP contribution in [0.5, 0.6) is 0 Å². The van der Waals surface area contributed by atoms with Crippen LogP contribution >= 0.6 is 0 Å². The minimum atomic E-state index is 0.282. The number of hydrogen-bond acceptors (Lipinski definition) is 5. The van der Waals surface area contributed by atoms with E-state index in [2.05, 4.69) is 36.1 Å². The molecule has 3 aromatic rings. The highest BCUT2D eigenvalue weighted by Crippen LogP contribution is 2.36. The highest BCUT2D eigenvalue weighted by atomic mass is 15.3. The summed E-state index contributed by atoms with van der Waals surface area (Å²) in [7, 11) is 0.